The number of nitrogens with zero attached hydrogens (tertiary/aromatic N) is 3. The molecule has 3 rings (SSSR count). The van der Waals surface area contributed by atoms with Gasteiger partial charge in [0, 0.05) is 25.0 Å². The first-order chi connectivity index (χ1) is 10.2. The van der Waals surface area contributed by atoms with E-state index in [2.05, 4.69) is 10.1 Å². The third-order valence-corrected chi connectivity index (χ3v) is 3.93. The van der Waals surface area contributed by atoms with Crippen LogP contribution in [0, 0.1) is 0 Å². The van der Waals surface area contributed by atoms with E-state index in [0.29, 0.717) is 5.56 Å². The maximum Gasteiger partial charge on any atom is 0.337 e. The van der Waals surface area contributed by atoms with E-state index >= 15 is 0 Å². The van der Waals surface area contributed by atoms with Gasteiger partial charge in [0.2, 0.25) is 0 Å². The van der Waals surface area contributed by atoms with Crippen molar-refractivity contribution in [2.24, 2.45) is 7.05 Å². The molecule has 0 atom stereocenters. The molecule has 6 heteroatoms. The molecule has 21 heavy (non-hydrogen) atoms. The molecule has 0 spiro atoms. The molecule has 0 saturated carbocycles. The third kappa shape index (κ3) is 2.71. The van der Waals surface area contributed by atoms with E-state index in [4.69, 9.17) is 4.74 Å². The maximum absolute atomic E-state index is 11.9. The smallest absolute Gasteiger partial charge is 0.337 e. The topological polar surface area (TPSA) is 57.0 Å². The van der Waals surface area contributed by atoms with Gasteiger partial charge in [0.1, 0.15) is 0 Å². The summed E-state index contributed by atoms with van der Waals surface area (Å²) in [7, 11) is 3.24. The number of esters is 1. The van der Waals surface area contributed by atoms with Crippen molar-refractivity contribution >= 4 is 17.3 Å². The number of aromatic nitrogens is 3. The molecule has 0 unspecified atom stereocenters. The quantitative estimate of drug-likeness (QED) is 0.698. The third-order valence-electron chi connectivity index (χ3n) is 3.11. The average Bonchev–Trinajstić information content (AvgIpc) is 3.17. The number of methoxy groups -OCH3 is 1. The van der Waals surface area contributed by atoms with Crippen molar-refractivity contribution in [1.82, 2.24) is 14.8 Å². The number of carbonyl (C=O) groups excluding carboxylic acids is 1. The van der Waals surface area contributed by atoms with Gasteiger partial charge < -0.3 is 4.74 Å². The van der Waals surface area contributed by atoms with Crippen molar-refractivity contribution in [2.75, 3.05) is 7.11 Å². The van der Waals surface area contributed by atoms with Gasteiger partial charge >= 0.3 is 5.97 Å². The molecule has 1 aromatic carbocycles. The number of ether oxygens (including phenoxy) is 1. The minimum Gasteiger partial charge on any atom is -0.465 e. The van der Waals surface area contributed by atoms with Crippen LogP contribution >= 0.6 is 11.3 Å². The van der Waals surface area contributed by atoms with Gasteiger partial charge in [-0.05, 0) is 29.3 Å². The van der Waals surface area contributed by atoms with Gasteiger partial charge in [-0.3, -0.25) is 9.67 Å². The van der Waals surface area contributed by atoms with Crippen molar-refractivity contribution in [3.8, 4) is 21.6 Å². The zero-order valence-corrected chi connectivity index (χ0v) is 12.4. The Labute approximate surface area is 125 Å². The predicted molar refractivity (Wildman–Crippen MR) is 81.1 cm³/mol. The minimum atomic E-state index is -0.355. The average molecular weight is 299 g/mol. The summed E-state index contributed by atoms with van der Waals surface area (Å²) < 4.78 is 6.56. The number of aryl methyl sites for hydroxylation is 1. The van der Waals surface area contributed by atoms with Gasteiger partial charge in [0.15, 0.2) is 0 Å². The lowest BCUT2D eigenvalue weighted by Crippen LogP contribution is -2.01. The molecule has 3 aromatic rings. The highest BCUT2D eigenvalue weighted by Gasteiger charge is 2.12. The van der Waals surface area contributed by atoms with Crippen LogP contribution in [0.3, 0.4) is 0 Å². The highest BCUT2D eigenvalue weighted by molar-refractivity contribution is 7.13. The first-order valence-corrected chi connectivity index (χ1v) is 7.16. The first-order valence-electron chi connectivity index (χ1n) is 6.28. The Morgan fingerprint density at radius 3 is 2.62 bits per heavy atom. The number of hydrogen-bond donors (Lipinski definition) is 0. The van der Waals surface area contributed by atoms with Crippen molar-refractivity contribution in [3.63, 3.8) is 0 Å². The summed E-state index contributed by atoms with van der Waals surface area (Å²) in [6.07, 6.45) is 5.47. The van der Waals surface area contributed by atoms with E-state index in [0.717, 1.165) is 21.6 Å². The molecule has 0 bridgehead atoms. The highest BCUT2D eigenvalue weighted by atomic mass is 32.1. The molecule has 0 radical (unpaired) electrons. The lowest BCUT2D eigenvalue weighted by molar-refractivity contribution is 0.0601. The molecule has 2 aromatic heterocycles. The standard InChI is InChI=1S/C15H13N3O2S/c1-18-8-13(6-17-18)10-3-11(14-7-16-9-21-14)5-12(4-10)15(19)20-2/h3-9H,1-2H3. The fourth-order valence-corrected chi connectivity index (χ4v) is 2.71. The van der Waals surface area contributed by atoms with Crippen molar-refractivity contribution < 1.29 is 9.53 Å². The van der Waals surface area contributed by atoms with E-state index in [-0.39, 0.29) is 5.97 Å². The first kappa shape index (κ1) is 13.5. The fraction of sp³-hybridized carbons (Fsp3) is 0.133. The van der Waals surface area contributed by atoms with E-state index < -0.39 is 0 Å². The fourth-order valence-electron chi connectivity index (χ4n) is 2.10. The molecule has 2 heterocycles. The van der Waals surface area contributed by atoms with Gasteiger partial charge in [-0.15, -0.1) is 11.3 Å². The number of thiazole rings is 1. The van der Waals surface area contributed by atoms with Crippen molar-refractivity contribution in [1.29, 1.82) is 0 Å². The lowest BCUT2D eigenvalue weighted by Gasteiger charge is -2.06. The van der Waals surface area contributed by atoms with Gasteiger partial charge in [0.05, 0.1) is 29.3 Å². The molecule has 0 aliphatic carbocycles. The van der Waals surface area contributed by atoms with Crippen LogP contribution in [0.4, 0.5) is 0 Å². The van der Waals surface area contributed by atoms with E-state index in [9.17, 15) is 4.79 Å². The number of rotatable bonds is 3. The molecule has 0 saturated heterocycles. The van der Waals surface area contributed by atoms with Crippen LogP contribution in [-0.2, 0) is 11.8 Å². The summed E-state index contributed by atoms with van der Waals surface area (Å²) >= 11 is 1.53. The second-order valence-electron chi connectivity index (χ2n) is 4.56. The number of carbonyl (C=O) groups is 1. The Morgan fingerprint density at radius 1 is 1.19 bits per heavy atom. The summed E-state index contributed by atoms with van der Waals surface area (Å²) in [5.74, 6) is -0.355. The van der Waals surface area contributed by atoms with E-state index in [1.165, 1.54) is 18.4 Å². The minimum absolute atomic E-state index is 0.355. The molecular weight excluding hydrogens is 286 g/mol. The second kappa shape index (κ2) is 5.49. The Morgan fingerprint density at radius 2 is 2.00 bits per heavy atom. The number of benzene rings is 1. The van der Waals surface area contributed by atoms with Crippen LogP contribution in [0.25, 0.3) is 21.6 Å². The van der Waals surface area contributed by atoms with Crippen LogP contribution in [0.1, 0.15) is 10.4 Å². The van der Waals surface area contributed by atoms with Gasteiger partial charge in [-0.2, -0.15) is 5.10 Å². The van der Waals surface area contributed by atoms with Crippen molar-refractivity contribution in [2.45, 2.75) is 0 Å². The Balaban J connectivity index is 2.15. The Bertz CT molecular complexity index is 778. The Hall–Kier alpha value is -2.47. The molecule has 0 aliphatic rings. The highest BCUT2D eigenvalue weighted by Crippen LogP contribution is 2.30. The van der Waals surface area contributed by atoms with Crippen LogP contribution < -0.4 is 0 Å². The van der Waals surface area contributed by atoms with Crippen LogP contribution in [0.15, 0.2) is 42.3 Å². The number of hydrogen-bond acceptors (Lipinski definition) is 5. The van der Waals surface area contributed by atoms with Crippen LogP contribution in [0.2, 0.25) is 0 Å². The summed E-state index contributed by atoms with van der Waals surface area (Å²) in [4.78, 5) is 17.0. The molecular formula is C15H13N3O2S. The molecule has 5 nitrogen and oxygen atoms in total. The summed E-state index contributed by atoms with van der Waals surface area (Å²) in [5.41, 5.74) is 5.11. The van der Waals surface area contributed by atoms with E-state index in [1.54, 1.807) is 22.6 Å². The van der Waals surface area contributed by atoms with E-state index in [1.807, 2.05) is 31.4 Å². The van der Waals surface area contributed by atoms with Gasteiger partial charge in [-0.1, -0.05) is 0 Å². The zero-order chi connectivity index (χ0) is 14.8. The van der Waals surface area contributed by atoms with Crippen molar-refractivity contribution in [3.05, 3.63) is 47.9 Å². The molecule has 0 aliphatic heterocycles. The lowest BCUT2D eigenvalue weighted by atomic mass is 10.0. The summed E-state index contributed by atoms with van der Waals surface area (Å²) in [6.45, 7) is 0. The Kier molecular flexibility index (Phi) is 3.53. The molecule has 0 N–H and O–H groups in total. The van der Waals surface area contributed by atoms with Gasteiger partial charge in [-0.25, -0.2) is 4.79 Å². The van der Waals surface area contributed by atoms with Gasteiger partial charge in [0.25, 0.3) is 0 Å². The largest absolute Gasteiger partial charge is 0.465 e. The van der Waals surface area contributed by atoms with Crippen LogP contribution in [-0.4, -0.2) is 27.8 Å². The summed E-state index contributed by atoms with van der Waals surface area (Å²) in [6, 6.07) is 5.66. The normalized spacial score (nSPS) is 10.6. The zero-order valence-electron chi connectivity index (χ0n) is 11.6. The maximum atomic E-state index is 11.9. The monoisotopic (exact) mass is 299 g/mol. The molecule has 0 fully saturated rings. The SMILES string of the molecule is COC(=O)c1cc(-c2cnn(C)c2)cc(-c2cncs2)c1. The molecule has 0 amide bonds. The van der Waals surface area contributed by atoms with Crippen LogP contribution in [0.5, 0.6) is 0 Å². The summed E-state index contributed by atoms with van der Waals surface area (Å²) in [5, 5.41) is 4.17. The molecule has 106 valence electrons. The second-order valence-corrected chi connectivity index (χ2v) is 5.45. The predicted octanol–water partition coefficient (Wildman–Crippen LogP) is 3.00.